The Bertz CT molecular complexity index is 1160. The van der Waals surface area contributed by atoms with Gasteiger partial charge >= 0.3 is 11.9 Å². The fraction of sp³-hybridized carbons (Fsp3) is 0.625. The summed E-state index contributed by atoms with van der Waals surface area (Å²) in [5, 5.41) is 1.98. The Labute approximate surface area is 207 Å². The van der Waals surface area contributed by atoms with Gasteiger partial charge in [-0.1, -0.05) is 12.1 Å². The number of benzene rings is 2. The van der Waals surface area contributed by atoms with Gasteiger partial charge in [-0.05, 0) is 152 Å². The molecule has 0 radical (unpaired) electrons. The molecule has 3 heteroatoms. The van der Waals surface area contributed by atoms with Crippen molar-refractivity contribution in [3.8, 4) is 0 Å². The third-order valence-electron chi connectivity index (χ3n) is 12.0. The van der Waals surface area contributed by atoms with E-state index in [0.29, 0.717) is 11.1 Å². The zero-order valence-electron chi connectivity index (χ0n) is 20.5. The number of esters is 2. The third-order valence-corrected chi connectivity index (χ3v) is 12.0. The quantitative estimate of drug-likeness (QED) is 0.351. The van der Waals surface area contributed by atoms with Gasteiger partial charge in [-0.25, -0.2) is 9.59 Å². The van der Waals surface area contributed by atoms with Gasteiger partial charge in [0.05, 0.1) is 11.1 Å². The van der Waals surface area contributed by atoms with E-state index < -0.39 is 11.9 Å². The van der Waals surface area contributed by atoms with E-state index in [1.54, 1.807) is 0 Å². The first-order chi connectivity index (χ1) is 17.0. The molecule has 0 spiro atoms. The van der Waals surface area contributed by atoms with Crippen molar-refractivity contribution in [1.82, 2.24) is 0 Å². The lowest BCUT2D eigenvalue weighted by molar-refractivity contribution is -0.00525. The van der Waals surface area contributed by atoms with Crippen LogP contribution in [0.4, 0.5) is 0 Å². The molecule has 2 aromatic carbocycles. The number of rotatable bonds is 2. The third kappa shape index (κ3) is 2.63. The van der Waals surface area contributed by atoms with Gasteiger partial charge in [-0.3, -0.25) is 0 Å². The van der Waals surface area contributed by atoms with Gasteiger partial charge in [0, 0.05) is 5.39 Å². The van der Waals surface area contributed by atoms with Crippen LogP contribution in [0, 0.1) is 35.5 Å². The van der Waals surface area contributed by atoms with Crippen molar-refractivity contribution in [2.24, 2.45) is 35.5 Å². The summed E-state index contributed by atoms with van der Waals surface area (Å²) >= 11 is 0. The van der Waals surface area contributed by atoms with Gasteiger partial charge in [-0.2, -0.15) is 0 Å². The molecule has 0 amide bonds. The van der Waals surface area contributed by atoms with Crippen LogP contribution in [0.25, 0.3) is 10.8 Å². The number of carbonyl (C=O) groups is 2. The molecule has 180 valence electrons. The van der Waals surface area contributed by atoms with E-state index >= 15 is 0 Å². The van der Waals surface area contributed by atoms with Crippen molar-refractivity contribution < 1.29 is 14.3 Å². The Morgan fingerprint density at radius 3 is 1.23 bits per heavy atom. The van der Waals surface area contributed by atoms with Crippen molar-refractivity contribution in [1.29, 1.82) is 0 Å². The summed E-state index contributed by atoms with van der Waals surface area (Å²) in [5.41, 5.74) is 4.44. The molecular weight excluding hydrogens is 432 g/mol. The van der Waals surface area contributed by atoms with Crippen molar-refractivity contribution in [2.75, 3.05) is 0 Å². The summed E-state index contributed by atoms with van der Waals surface area (Å²) in [5.74, 6) is 4.26. The topological polar surface area (TPSA) is 43.4 Å². The average Bonchev–Trinajstić information content (AvgIpc) is 2.80. The summed E-state index contributed by atoms with van der Waals surface area (Å²) in [7, 11) is 0. The predicted molar refractivity (Wildman–Crippen MR) is 133 cm³/mol. The lowest BCUT2D eigenvalue weighted by Gasteiger charge is -2.57. The summed E-state index contributed by atoms with van der Waals surface area (Å²) in [6.45, 7) is 0. The molecule has 8 saturated carbocycles. The van der Waals surface area contributed by atoms with Gasteiger partial charge in [0.15, 0.2) is 0 Å². The highest BCUT2D eigenvalue weighted by Crippen LogP contribution is 2.63. The smallest absolute Gasteiger partial charge is 0.346 e. The fourth-order valence-electron chi connectivity index (χ4n) is 11.6. The molecule has 8 bridgehead atoms. The molecule has 0 aromatic heterocycles. The summed E-state index contributed by atoms with van der Waals surface area (Å²) in [6, 6.07) is 9.09. The lowest BCUT2D eigenvalue weighted by Crippen LogP contribution is -2.49. The van der Waals surface area contributed by atoms with Gasteiger partial charge in [0.25, 0.3) is 0 Å². The molecule has 0 N–H and O–H groups in total. The zero-order chi connectivity index (χ0) is 23.1. The maximum atomic E-state index is 13.0. The molecule has 1 aliphatic heterocycles. The first kappa shape index (κ1) is 20.0. The van der Waals surface area contributed by atoms with E-state index in [1.165, 1.54) is 88.2 Å². The number of ether oxygens (including phenoxy) is 1. The Morgan fingerprint density at radius 2 is 0.886 bits per heavy atom. The number of carbonyl (C=O) groups excluding carboxylic acids is 2. The largest absolute Gasteiger partial charge is 0.386 e. The van der Waals surface area contributed by atoms with Crippen LogP contribution in [0.1, 0.15) is 109 Å². The fourth-order valence-corrected chi connectivity index (χ4v) is 11.6. The highest BCUT2D eigenvalue weighted by Gasteiger charge is 2.53. The number of hydrogen-bond acceptors (Lipinski definition) is 3. The monoisotopic (exact) mass is 466 g/mol. The molecule has 8 fully saturated rings. The molecular formula is C32H34O3. The SMILES string of the molecule is O=C1OC(=O)c2cc(C34CC5CC(CC(C5)C3)C4)cc3cc(C45CC6CC(CC(C6)C4)C5)cc1c23. The van der Waals surface area contributed by atoms with Gasteiger partial charge in [-0.15, -0.1) is 0 Å². The van der Waals surface area contributed by atoms with Crippen LogP contribution in [0.3, 0.4) is 0 Å². The van der Waals surface area contributed by atoms with Crippen molar-refractivity contribution in [2.45, 2.75) is 87.9 Å². The minimum absolute atomic E-state index is 0.220. The minimum Gasteiger partial charge on any atom is -0.386 e. The first-order valence-corrected chi connectivity index (χ1v) is 14.3. The number of hydrogen-bond donors (Lipinski definition) is 0. The van der Waals surface area contributed by atoms with Gasteiger partial charge in [0.2, 0.25) is 0 Å². The molecule has 0 atom stereocenters. The van der Waals surface area contributed by atoms with Crippen LogP contribution < -0.4 is 0 Å². The van der Waals surface area contributed by atoms with Crippen LogP contribution >= 0.6 is 0 Å². The summed E-state index contributed by atoms with van der Waals surface area (Å²) < 4.78 is 5.37. The van der Waals surface area contributed by atoms with E-state index in [9.17, 15) is 9.59 Å². The minimum atomic E-state index is -0.443. The molecule has 9 aliphatic rings. The van der Waals surface area contributed by atoms with E-state index in [0.717, 1.165) is 46.3 Å². The molecule has 1 heterocycles. The van der Waals surface area contributed by atoms with E-state index in [4.69, 9.17) is 4.74 Å². The maximum Gasteiger partial charge on any atom is 0.346 e. The van der Waals surface area contributed by atoms with Crippen LogP contribution in [0.15, 0.2) is 24.3 Å². The zero-order valence-corrected chi connectivity index (χ0v) is 20.5. The first-order valence-electron chi connectivity index (χ1n) is 14.3. The average molecular weight is 467 g/mol. The molecule has 0 unspecified atom stereocenters. The number of cyclic esters (lactones) is 2. The van der Waals surface area contributed by atoms with Gasteiger partial charge < -0.3 is 4.74 Å². The standard InChI is InChI=1S/C32H34O3/c33-29-26-9-24(31-11-17-1-18(12-31)3-19(2-17)13-31)7-23-8-25(10-27(28(23)26)30(34)35-29)32-14-20-4-21(15-32)6-22(5-20)16-32/h7-10,17-22H,1-6,11-16H2. The van der Waals surface area contributed by atoms with Crippen molar-refractivity contribution in [3.63, 3.8) is 0 Å². The van der Waals surface area contributed by atoms with Crippen molar-refractivity contribution >= 4 is 22.7 Å². The molecule has 11 rings (SSSR count). The molecule has 0 saturated heterocycles. The van der Waals surface area contributed by atoms with Crippen LogP contribution in [-0.2, 0) is 15.6 Å². The highest BCUT2D eigenvalue weighted by atomic mass is 16.6. The Kier molecular flexibility index (Phi) is 3.64. The Morgan fingerprint density at radius 1 is 0.543 bits per heavy atom. The molecule has 2 aromatic rings. The normalized spacial score (nSPS) is 44.3. The lowest BCUT2D eigenvalue weighted by atomic mass is 9.47. The molecule has 8 aliphatic carbocycles. The maximum absolute atomic E-state index is 13.0. The predicted octanol–water partition coefficient (Wildman–Crippen LogP) is 7.09. The molecule has 3 nitrogen and oxygen atoms in total. The Balaban J connectivity index is 1.25. The second-order valence-corrected chi connectivity index (χ2v) is 14.2. The van der Waals surface area contributed by atoms with Crippen LogP contribution in [-0.4, -0.2) is 11.9 Å². The second kappa shape index (κ2) is 6.39. The van der Waals surface area contributed by atoms with Crippen LogP contribution in [0.2, 0.25) is 0 Å². The molecule has 35 heavy (non-hydrogen) atoms. The Hall–Kier alpha value is -2.16. The highest BCUT2D eigenvalue weighted by molar-refractivity contribution is 6.21. The van der Waals surface area contributed by atoms with Crippen molar-refractivity contribution in [3.05, 3.63) is 46.5 Å². The van der Waals surface area contributed by atoms with E-state index in [2.05, 4.69) is 24.3 Å². The van der Waals surface area contributed by atoms with E-state index in [-0.39, 0.29) is 10.8 Å². The second-order valence-electron chi connectivity index (χ2n) is 14.2. The van der Waals surface area contributed by atoms with Crippen LogP contribution in [0.5, 0.6) is 0 Å². The summed E-state index contributed by atoms with van der Waals surface area (Å²) in [6.07, 6.45) is 16.1. The van der Waals surface area contributed by atoms with E-state index in [1.807, 2.05) is 0 Å². The summed E-state index contributed by atoms with van der Waals surface area (Å²) in [4.78, 5) is 26.1. The van der Waals surface area contributed by atoms with Gasteiger partial charge in [0.1, 0.15) is 0 Å².